The molecular formula is C29H32ClN7O2. The van der Waals surface area contributed by atoms with E-state index in [1.165, 1.54) is 6.08 Å². The fraction of sp³-hybridized carbons (Fsp3) is 0.276. The molecule has 2 aromatic heterocycles. The van der Waals surface area contributed by atoms with Crippen LogP contribution >= 0.6 is 11.6 Å². The predicted molar refractivity (Wildman–Crippen MR) is 158 cm³/mol. The maximum atomic E-state index is 12.3. The second-order valence-electron chi connectivity index (χ2n) is 9.80. The average Bonchev–Trinajstić information content (AvgIpc) is 3.55. The molecule has 9 nitrogen and oxygen atoms in total. The lowest BCUT2D eigenvalue weighted by Crippen LogP contribution is -2.31. The highest BCUT2D eigenvalue weighted by Gasteiger charge is 2.27. The number of nitrogens with one attached hydrogen (secondary N) is 2. The molecule has 1 saturated heterocycles. The van der Waals surface area contributed by atoms with E-state index in [1.807, 2.05) is 48.1 Å². The lowest BCUT2D eigenvalue weighted by atomic mass is 10.1. The van der Waals surface area contributed by atoms with Gasteiger partial charge in [0.15, 0.2) is 0 Å². The smallest absolute Gasteiger partial charge is 0.247 e. The Labute approximate surface area is 233 Å². The molecule has 1 amide bonds. The Bertz CT molecular complexity index is 1550. The average molecular weight is 546 g/mol. The zero-order valence-electron chi connectivity index (χ0n) is 22.5. The molecule has 202 valence electrons. The van der Waals surface area contributed by atoms with Crippen LogP contribution in [0.15, 0.2) is 61.4 Å². The number of nitrogens with zero attached hydrogens (tertiary/aromatic N) is 5. The molecule has 3 heterocycles. The van der Waals surface area contributed by atoms with Gasteiger partial charge in [-0.2, -0.15) is 0 Å². The highest BCUT2D eigenvalue weighted by molar-refractivity contribution is 6.33. The molecule has 5 rings (SSSR count). The fourth-order valence-corrected chi connectivity index (χ4v) is 5.22. The van der Waals surface area contributed by atoms with Crippen molar-refractivity contribution in [2.75, 3.05) is 49.8 Å². The number of halogens is 1. The first-order chi connectivity index (χ1) is 18.8. The summed E-state index contributed by atoms with van der Waals surface area (Å²) in [7, 11) is 7.78. The first-order valence-electron chi connectivity index (χ1n) is 12.7. The van der Waals surface area contributed by atoms with Crippen molar-refractivity contribution >= 4 is 51.4 Å². The zero-order valence-corrected chi connectivity index (χ0v) is 23.3. The lowest BCUT2D eigenvalue weighted by Gasteiger charge is -2.25. The third kappa shape index (κ3) is 5.28. The minimum atomic E-state index is -0.295. The van der Waals surface area contributed by atoms with Crippen LogP contribution in [-0.4, -0.2) is 65.7 Å². The van der Waals surface area contributed by atoms with Gasteiger partial charge in [-0.1, -0.05) is 36.4 Å². The van der Waals surface area contributed by atoms with E-state index in [1.54, 1.807) is 13.3 Å². The monoisotopic (exact) mass is 545 g/mol. The van der Waals surface area contributed by atoms with Crippen LogP contribution in [0.3, 0.4) is 0 Å². The van der Waals surface area contributed by atoms with E-state index in [-0.39, 0.29) is 5.91 Å². The van der Waals surface area contributed by atoms with Crippen LogP contribution in [0, 0.1) is 0 Å². The van der Waals surface area contributed by atoms with E-state index < -0.39 is 0 Å². The normalized spacial score (nSPS) is 15.1. The Kier molecular flexibility index (Phi) is 7.45. The highest BCUT2D eigenvalue weighted by Crippen LogP contribution is 2.40. The first kappa shape index (κ1) is 26.5. The van der Waals surface area contributed by atoms with E-state index >= 15 is 0 Å². The predicted octanol–water partition coefficient (Wildman–Crippen LogP) is 5.31. The molecule has 0 radical (unpaired) electrons. The molecule has 0 saturated carbocycles. The summed E-state index contributed by atoms with van der Waals surface area (Å²) < 4.78 is 7.81. The zero-order chi connectivity index (χ0) is 27.7. The number of benzene rings is 2. The third-order valence-corrected chi connectivity index (χ3v) is 7.41. The van der Waals surface area contributed by atoms with Crippen LogP contribution in [0.1, 0.15) is 6.42 Å². The minimum absolute atomic E-state index is 0.295. The Morgan fingerprint density at radius 3 is 2.77 bits per heavy atom. The number of anilines is 4. The van der Waals surface area contributed by atoms with E-state index in [9.17, 15) is 4.79 Å². The number of carbonyl (C=O) groups excluding carboxylic acids is 1. The van der Waals surface area contributed by atoms with Gasteiger partial charge in [0.05, 0.1) is 41.1 Å². The molecule has 39 heavy (non-hydrogen) atoms. The van der Waals surface area contributed by atoms with Gasteiger partial charge in [0, 0.05) is 54.9 Å². The third-order valence-electron chi connectivity index (χ3n) is 7.14. The minimum Gasteiger partial charge on any atom is -0.494 e. The van der Waals surface area contributed by atoms with Gasteiger partial charge in [-0.05, 0) is 38.7 Å². The summed E-state index contributed by atoms with van der Waals surface area (Å²) >= 11 is 6.58. The molecular weight excluding hydrogens is 514 g/mol. The maximum Gasteiger partial charge on any atom is 0.247 e. The van der Waals surface area contributed by atoms with Crippen molar-refractivity contribution < 1.29 is 9.53 Å². The quantitative estimate of drug-likeness (QED) is 0.290. The van der Waals surface area contributed by atoms with Gasteiger partial charge in [-0.3, -0.25) is 4.79 Å². The molecule has 1 aliphatic rings. The van der Waals surface area contributed by atoms with Crippen molar-refractivity contribution in [1.29, 1.82) is 0 Å². The number of aromatic nitrogens is 3. The first-order valence-corrected chi connectivity index (χ1v) is 13.1. The molecule has 1 aliphatic heterocycles. The standard InChI is InChI=1S/C29H32ClN7O2/c1-6-27(38)32-22-13-23(26(39-5)14-25(22)37-12-11-18(16-37)35(2)3)33-29-31-15-21(30)28(34-29)20-17-36(4)24-10-8-7-9-19(20)24/h6-10,13-15,17-18H,1,11-12,16H2,2-5H3,(H,32,38)(H,31,33,34)/t18-/m1/s1. The molecule has 2 N–H and O–H groups in total. The number of fused-ring (bicyclic) bond motifs is 1. The van der Waals surface area contributed by atoms with Crippen LogP contribution in [0.2, 0.25) is 5.02 Å². The second kappa shape index (κ2) is 11.0. The number of ether oxygens (including phenoxy) is 1. The summed E-state index contributed by atoms with van der Waals surface area (Å²) in [6, 6.07) is 12.3. The largest absolute Gasteiger partial charge is 0.494 e. The topological polar surface area (TPSA) is 87.5 Å². The number of para-hydroxylation sites is 1. The van der Waals surface area contributed by atoms with Crippen molar-refractivity contribution in [3.8, 4) is 17.0 Å². The van der Waals surface area contributed by atoms with Crippen molar-refractivity contribution in [3.63, 3.8) is 0 Å². The SMILES string of the molecule is C=CC(=O)Nc1cc(Nc2ncc(Cl)c(-c3cn(C)c4ccccc34)n2)c(OC)cc1N1CC[C@@H](N(C)C)C1. The number of likely N-dealkylation sites (N-methyl/N-ethyl adjacent to an activating group) is 1. The molecule has 10 heteroatoms. The summed E-state index contributed by atoms with van der Waals surface area (Å²) in [5.74, 6) is 0.653. The van der Waals surface area contributed by atoms with Crippen molar-refractivity contribution in [3.05, 3.63) is 66.5 Å². The Balaban J connectivity index is 1.53. The summed E-state index contributed by atoms with van der Waals surface area (Å²) in [6.45, 7) is 5.31. The number of carbonyl (C=O) groups is 1. The van der Waals surface area contributed by atoms with Crippen LogP contribution in [0.4, 0.5) is 23.0 Å². The Hall–Kier alpha value is -4.08. The summed E-state index contributed by atoms with van der Waals surface area (Å²) in [6.07, 6.45) is 5.88. The van der Waals surface area contributed by atoms with Crippen LogP contribution in [0.5, 0.6) is 5.75 Å². The summed E-state index contributed by atoms with van der Waals surface area (Å²) in [5.41, 5.74) is 4.74. The lowest BCUT2D eigenvalue weighted by molar-refractivity contribution is -0.111. The number of methoxy groups -OCH3 is 1. The molecule has 0 spiro atoms. The molecule has 1 fully saturated rings. The molecule has 0 unspecified atom stereocenters. The van der Waals surface area contributed by atoms with E-state index in [0.29, 0.717) is 39.8 Å². The molecule has 0 aliphatic carbocycles. The van der Waals surface area contributed by atoms with Crippen molar-refractivity contribution in [2.24, 2.45) is 7.05 Å². The van der Waals surface area contributed by atoms with Crippen LogP contribution in [0.25, 0.3) is 22.2 Å². The summed E-state index contributed by atoms with van der Waals surface area (Å²) in [4.78, 5) is 26.0. The highest BCUT2D eigenvalue weighted by atomic mass is 35.5. The second-order valence-corrected chi connectivity index (χ2v) is 10.2. The van der Waals surface area contributed by atoms with Gasteiger partial charge in [-0.25, -0.2) is 9.97 Å². The molecule has 1 atom stereocenters. The van der Waals surface area contributed by atoms with Crippen molar-refractivity contribution in [1.82, 2.24) is 19.4 Å². The Morgan fingerprint density at radius 1 is 1.26 bits per heavy atom. The van der Waals surface area contributed by atoms with Gasteiger partial charge in [-0.15, -0.1) is 0 Å². The fourth-order valence-electron chi connectivity index (χ4n) is 5.03. The number of rotatable bonds is 8. The number of hydrogen-bond acceptors (Lipinski definition) is 7. The Morgan fingerprint density at radius 2 is 2.05 bits per heavy atom. The van der Waals surface area contributed by atoms with Crippen LogP contribution in [-0.2, 0) is 11.8 Å². The van der Waals surface area contributed by atoms with Gasteiger partial charge in [0.2, 0.25) is 11.9 Å². The van der Waals surface area contributed by atoms with E-state index in [4.69, 9.17) is 21.3 Å². The number of aryl methyl sites for hydroxylation is 1. The van der Waals surface area contributed by atoms with Gasteiger partial charge < -0.3 is 29.7 Å². The van der Waals surface area contributed by atoms with Crippen molar-refractivity contribution in [2.45, 2.75) is 12.5 Å². The van der Waals surface area contributed by atoms with Gasteiger partial charge >= 0.3 is 0 Å². The van der Waals surface area contributed by atoms with Gasteiger partial charge in [0.1, 0.15) is 5.75 Å². The number of amides is 1. The van der Waals surface area contributed by atoms with E-state index in [0.717, 1.165) is 41.7 Å². The molecule has 0 bridgehead atoms. The van der Waals surface area contributed by atoms with E-state index in [2.05, 4.69) is 52.2 Å². The van der Waals surface area contributed by atoms with Gasteiger partial charge in [0.25, 0.3) is 0 Å². The molecule has 4 aromatic rings. The number of hydrogen-bond donors (Lipinski definition) is 2. The summed E-state index contributed by atoms with van der Waals surface area (Å²) in [5, 5.41) is 7.72. The maximum absolute atomic E-state index is 12.3. The van der Waals surface area contributed by atoms with Crippen LogP contribution < -0.4 is 20.3 Å². The molecule has 2 aromatic carbocycles.